The number of halogens is 1. The summed E-state index contributed by atoms with van der Waals surface area (Å²) in [5.41, 5.74) is 0.967. The van der Waals surface area contributed by atoms with Crippen molar-refractivity contribution in [3.8, 4) is 0 Å². The maximum absolute atomic E-state index is 5.96. The minimum absolute atomic E-state index is 0.277. The second-order valence-corrected chi connectivity index (χ2v) is 7.09. The Balaban J connectivity index is 1.70. The van der Waals surface area contributed by atoms with Crippen LogP contribution in [0, 0.1) is 5.92 Å². The molecule has 1 aromatic carbocycles. The Hall–Kier alpha value is -0.800. The van der Waals surface area contributed by atoms with Crippen LogP contribution in [-0.2, 0) is 0 Å². The zero-order chi connectivity index (χ0) is 14.1. The van der Waals surface area contributed by atoms with Gasteiger partial charge in [-0.3, -0.25) is 0 Å². The predicted molar refractivity (Wildman–Crippen MR) is 86.9 cm³/mol. The quantitative estimate of drug-likeness (QED) is 0.809. The smallest absolute Gasteiger partial charge is 0.134 e. The van der Waals surface area contributed by atoms with E-state index in [0.29, 0.717) is 6.04 Å². The first-order valence-corrected chi connectivity index (χ1v) is 8.36. The van der Waals surface area contributed by atoms with E-state index in [-0.39, 0.29) is 6.04 Å². The Kier molecular flexibility index (Phi) is 4.18. The van der Waals surface area contributed by atoms with Crippen molar-refractivity contribution in [3.05, 3.63) is 34.5 Å². The molecular formula is C17H22BrNO. The number of benzene rings is 1. The topological polar surface area (TPSA) is 25.2 Å². The van der Waals surface area contributed by atoms with E-state index in [1.165, 1.54) is 31.1 Å². The summed E-state index contributed by atoms with van der Waals surface area (Å²) in [6, 6.07) is 9.23. The van der Waals surface area contributed by atoms with Crippen molar-refractivity contribution < 1.29 is 4.42 Å². The minimum atomic E-state index is 0.277. The summed E-state index contributed by atoms with van der Waals surface area (Å²) in [5, 5.41) is 4.89. The second kappa shape index (κ2) is 5.90. The third-order valence-corrected chi connectivity index (χ3v) is 4.92. The third-order valence-electron chi connectivity index (χ3n) is 4.43. The van der Waals surface area contributed by atoms with Crippen LogP contribution in [0.2, 0.25) is 0 Å². The van der Waals surface area contributed by atoms with Gasteiger partial charge in [-0.1, -0.05) is 22.9 Å². The zero-order valence-electron chi connectivity index (χ0n) is 12.2. The second-order valence-electron chi connectivity index (χ2n) is 6.18. The van der Waals surface area contributed by atoms with Crippen molar-refractivity contribution in [2.24, 2.45) is 5.92 Å². The number of hydrogen-bond donors (Lipinski definition) is 1. The van der Waals surface area contributed by atoms with Gasteiger partial charge in [0.1, 0.15) is 11.3 Å². The molecule has 1 aromatic heterocycles. The minimum Gasteiger partial charge on any atom is -0.459 e. The van der Waals surface area contributed by atoms with Crippen molar-refractivity contribution in [2.45, 2.75) is 51.6 Å². The van der Waals surface area contributed by atoms with Gasteiger partial charge in [-0.05, 0) is 62.8 Å². The summed E-state index contributed by atoms with van der Waals surface area (Å²) in [4.78, 5) is 0. The molecule has 1 atom stereocenters. The summed E-state index contributed by atoms with van der Waals surface area (Å²) in [6.45, 7) is 4.56. The monoisotopic (exact) mass is 335 g/mol. The standard InChI is InChI=1S/C17H22BrNO/c1-11-3-6-15(7-4-11)19-12(2)17-10-13-9-14(18)5-8-16(13)20-17/h5,8-12,15,19H,3-4,6-7H2,1-2H3. The lowest BCUT2D eigenvalue weighted by molar-refractivity contribution is 0.282. The highest BCUT2D eigenvalue weighted by molar-refractivity contribution is 9.10. The van der Waals surface area contributed by atoms with E-state index in [1.807, 2.05) is 12.1 Å². The van der Waals surface area contributed by atoms with Crippen LogP contribution in [0.1, 0.15) is 51.3 Å². The summed E-state index contributed by atoms with van der Waals surface area (Å²) in [5.74, 6) is 1.93. The van der Waals surface area contributed by atoms with Crippen molar-refractivity contribution in [1.29, 1.82) is 0 Å². The first-order valence-electron chi connectivity index (χ1n) is 7.57. The molecule has 1 aliphatic carbocycles. The molecule has 1 N–H and O–H groups in total. The summed E-state index contributed by atoms with van der Waals surface area (Å²) >= 11 is 3.51. The molecule has 0 spiro atoms. The van der Waals surface area contributed by atoms with Crippen LogP contribution in [0.4, 0.5) is 0 Å². The van der Waals surface area contributed by atoms with E-state index in [4.69, 9.17) is 4.42 Å². The van der Waals surface area contributed by atoms with E-state index < -0.39 is 0 Å². The van der Waals surface area contributed by atoms with Crippen LogP contribution in [0.5, 0.6) is 0 Å². The van der Waals surface area contributed by atoms with Crippen LogP contribution in [0.25, 0.3) is 11.0 Å². The number of furan rings is 1. The Bertz CT molecular complexity index is 584. The van der Waals surface area contributed by atoms with Gasteiger partial charge < -0.3 is 9.73 Å². The maximum Gasteiger partial charge on any atom is 0.134 e. The molecule has 0 aliphatic heterocycles. The van der Waals surface area contributed by atoms with Crippen molar-refractivity contribution in [2.75, 3.05) is 0 Å². The van der Waals surface area contributed by atoms with Gasteiger partial charge in [0.2, 0.25) is 0 Å². The van der Waals surface area contributed by atoms with E-state index in [0.717, 1.165) is 21.7 Å². The van der Waals surface area contributed by atoms with Gasteiger partial charge in [0, 0.05) is 15.9 Å². The molecule has 1 fully saturated rings. The molecule has 2 nitrogen and oxygen atoms in total. The van der Waals surface area contributed by atoms with E-state index in [9.17, 15) is 0 Å². The van der Waals surface area contributed by atoms with E-state index in [2.05, 4.69) is 47.2 Å². The van der Waals surface area contributed by atoms with Crippen molar-refractivity contribution >= 4 is 26.9 Å². The predicted octanol–water partition coefficient (Wildman–Crippen LogP) is 5.42. The normalized spacial score (nSPS) is 24.9. The molecule has 3 rings (SSSR count). The van der Waals surface area contributed by atoms with Gasteiger partial charge >= 0.3 is 0 Å². The number of nitrogens with one attached hydrogen (secondary N) is 1. The van der Waals surface area contributed by atoms with Gasteiger partial charge in [0.15, 0.2) is 0 Å². The SMILES string of the molecule is CC1CCC(NC(C)c2cc3cc(Br)ccc3o2)CC1. The molecule has 0 radical (unpaired) electrons. The van der Waals surface area contributed by atoms with Crippen LogP contribution < -0.4 is 5.32 Å². The summed E-state index contributed by atoms with van der Waals surface area (Å²) in [6.07, 6.45) is 5.27. The van der Waals surface area contributed by atoms with Gasteiger partial charge in [0.25, 0.3) is 0 Å². The molecule has 0 saturated heterocycles. The average Bonchev–Trinajstić information content (AvgIpc) is 2.84. The first kappa shape index (κ1) is 14.2. The maximum atomic E-state index is 5.96. The molecule has 0 amide bonds. The van der Waals surface area contributed by atoms with Crippen LogP contribution >= 0.6 is 15.9 Å². The summed E-state index contributed by atoms with van der Waals surface area (Å²) in [7, 11) is 0. The average molecular weight is 336 g/mol. The molecule has 1 aliphatic rings. The molecule has 1 unspecified atom stereocenters. The highest BCUT2D eigenvalue weighted by Crippen LogP contribution is 2.29. The van der Waals surface area contributed by atoms with Gasteiger partial charge in [-0.2, -0.15) is 0 Å². The fourth-order valence-electron chi connectivity index (χ4n) is 3.11. The Labute approximate surface area is 129 Å². The lowest BCUT2D eigenvalue weighted by Crippen LogP contribution is -2.34. The number of fused-ring (bicyclic) bond motifs is 1. The fourth-order valence-corrected chi connectivity index (χ4v) is 3.49. The van der Waals surface area contributed by atoms with Gasteiger partial charge in [0.05, 0.1) is 6.04 Å². The molecule has 108 valence electrons. The largest absolute Gasteiger partial charge is 0.459 e. The molecule has 0 bridgehead atoms. The highest BCUT2D eigenvalue weighted by atomic mass is 79.9. The lowest BCUT2D eigenvalue weighted by atomic mass is 9.87. The first-order chi connectivity index (χ1) is 9.61. The van der Waals surface area contributed by atoms with Crippen molar-refractivity contribution in [3.63, 3.8) is 0 Å². The fraction of sp³-hybridized carbons (Fsp3) is 0.529. The zero-order valence-corrected chi connectivity index (χ0v) is 13.7. The lowest BCUT2D eigenvalue weighted by Gasteiger charge is -2.29. The van der Waals surface area contributed by atoms with Crippen LogP contribution in [0.3, 0.4) is 0 Å². The molecule has 1 saturated carbocycles. The molecule has 20 heavy (non-hydrogen) atoms. The number of rotatable bonds is 3. The van der Waals surface area contributed by atoms with Crippen LogP contribution in [-0.4, -0.2) is 6.04 Å². The van der Waals surface area contributed by atoms with Gasteiger partial charge in [-0.15, -0.1) is 0 Å². The van der Waals surface area contributed by atoms with E-state index >= 15 is 0 Å². The Morgan fingerprint density at radius 3 is 2.70 bits per heavy atom. The highest BCUT2D eigenvalue weighted by Gasteiger charge is 2.21. The molecule has 2 aromatic rings. The molecule has 1 heterocycles. The van der Waals surface area contributed by atoms with Crippen molar-refractivity contribution in [1.82, 2.24) is 5.32 Å². The van der Waals surface area contributed by atoms with Crippen LogP contribution in [0.15, 0.2) is 33.2 Å². The van der Waals surface area contributed by atoms with E-state index in [1.54, 1.807) is 0 Å². The third kappa shape index (κ3) is 3.09. The number of hydrogen-bond acceptors (Lipinski definition) is 2. The van der Waals surface area contributed by atoms with Gasteiger partial charge in [-0.25, -0.2) is 0 Å². The molecular weight excluding hydrogens is 314 g/mol. The Morgan fingerprint density at radius 2 is 1.95 bits per heavy atom. The summed E-state index contributed by atoms with van der Waals surface area (Å²) < 4.78 is 7.06. The Morgan fingerprint density at radius 1 is 1.20 bits per heavy atom. The molecule has 3 heteroatoms.